The monoisotopic (exact) mass is 297 g/mol. The number of carbonyl (C=O) groups excluding carboxylic acids is 1. The van der Waals surface area contributed by atoms with Crippen molar-refractivity contribution in [2.75, 3.05) is 25.0 Å². The van der Waals surface area contributed by atoms with Crippen molar-refractivity contribution in [1.82, 2.24) is 4.90 Å². The van der Waals surface area contributed by atoms with Gasteiger partial charge in [0, 0.05) is 36.9 Å². The van der Waals surface area contributed by atoms with E-state index in [0.717, 1.165) is 38.2 Å². The molecule has 1 N–H and O–H groups in total. The van der Waals surface area contributed by atoms with Gasteiger partial charge in [0.15, 0.2) is 5.78 Å². The molecule has 1 heterocycles. The zero-order chi connectivity index (χ0) is 16.1. The van der Waals surface area contributed by atoms with E-state index < -0.39 is 0 Å². The number of carbonyl (C=O) groups is 1. The maximum absolute atomic E-state index is 11.7. The molecule has 1 fully saturated rings. The van der Waals surface area contributed by atoms with E-state index >= 15 is 0 Å². The van der Waals surface area contributed by atoms with E-state index in [-0.39, 0.29) is 5.78 Å². The second-order valence-corrected chi connectivity index (χ2v) is 6.08. The van der Waals surface area contributed by atoms with E-state index in [1.807, 2.05) is 0 Å². The van der Waals surface area contributed by atoms with Crippen molar-refractivity contribution < 1.29 is 4.79 Å². The lowest BCUT2D eigenvalue weighted by atomic mass is 10.0. The van der Waals surface area contributed by atoms with Crippen LogP contribution in [0, 0.1) is 11.3 Å². The number of anilines is 1. The van der Waals surface area contributed by atoms with Gasteiger partial charge in [-0.25, -0.2) is 0 Å². The Morgan fingerprint density at radius 2 is 2.09 bits per heavy atom. The first kappa shape index (κ1) is 16.3. The van der Waals surface area contributed by atoms with Crippen LogP contribution in [0.4, 0.5) is 5.69 Å². The van der Waals surface area contributed by atoms with Crippen LogP contribution < -0.4 is 5.32 Å². The summed E-state index contributed by atoms with van der Waals surface area (Å²) in [5, 5.41) is 12.5. The molecule has 0 spiro atoms. The van der Waals surface area contributed by atoms with Crippen LogP contribution in [0.1, 0.15) is 42.6 Å². The molecule has 0 amide bonds. The molecule has 4 nitrogen and oxygen atoms in total. The fourth-order valence-electron chi connectivity index (χ4n) is 2.88. The van der Waals surface area contributed by atoms with E-state index in [4.69, 9.17) is 5.26 Å². The maximum Gasteiger partial charge on any atom is 0.161 e. The molecule has 0 saturated carbocycles. The third-order valence-electron chi connectivity index (χ3n) is 3.97. The van der Waals surface area contributed by atoms with Gasteiger partial charge in [-0.05, 0) is 44.9 Å². The second kappa shape index (κ2) is 7.24. The molecule has 0 bridgehead atoms. The molecule has 0 radical (unpaired) electrons. The highest BCUT2D eigenvalue weighted by Gasteiger charge is 2.20. The quantitative estimate of drug-likeness (QED) is 0.670. The summed E-state index contributed by atoms with van der Waals surface area (Å²) in [7, 11) is 0. The molecule has 1 aromatic rings. The summed E-state index contributed by atoms with van der Waals surface area (Å²) >= 11 is 0. The molecule has 0 unspecified atom stereocenters. The summed E-state index contributed by atoms with van der Waals surface area (Å²) in [6.07, 6.45) is 2.06. The standard InChI is InChI=1S/C18H23N3O/c1-13(2)12-21-8-6-16(7-9-21)20-18-10-15(11-19)4-5-17(18)14(3)22/h4-5,10,16,20H,1,6-9,12H2,2-3H3. The Kier molecular flexibility index (Phi) is 5.35. The van der Waals surface area contributed by atoms with Gasteiger partial charge in [0.1, 0.15) is 0 Å². The summed E-state index contributed by atoms with van der Waals surface area (Å²) in [6.45, 7) is 10.6. The predicted octanol–water partition coefficient (Wildman–Crippen LogP) is 3.21. The number of Topliss-reactive ketones (excluding diaryl/α,β-unsaturated/α-hetero) is 1. The minimum atomic E-state index is 0.0201. The van der Waals surface area contributed by atoms with Crippen LogP contribution in [0.3, 0.4) is 0 Å². The number of likely N-dealkylation sites (tertiary alicyclic amines) is 1. The number of hydrogen-bond donors (Lipinski definition) is 1. The number of benzene rings is 1. The average Bonchev–Trinajstić information content (AvgIpc) is 2.48. The number of piperidine rings is 1. The van der Waals surface area contributed by atoms with Crippen LogP contribution >= 0.6 is 0 Å². The van der Waals surface area contributed by atoms with Gasteiger partial charge in [-0.2, -0.15) is 5.26 Å². The molecular weight excluding hydrogens is 274 g/mol. The van der Waals surface area contributed by atoms with Crippen molar-refractivity contribution in [3.05, 3.63) is 41.5 Å². The minimum absolute atomic E-state index is 0.0201. The number of nitrogens with one attached hydrogen (secondary N) is 1. The van der Waals surface area contributed by atoms with Gasteiger partial charge in [-0.3, -0.25) is 9.69 Å². The van der Waals surface area contributed by atoms with Crippen LogP contribution in [0.5, 0.6) is 0 Å². The molecule has 4 heteroatoms. The molecule has 1 saturated heterocycles. The van der Waals surface area contributed by atoms with E-state index in [1.165, 1.54) is 5.57 Å². The molecular formula is C18H23N3O. The molecule has 1 aliphatic rings. The number of ketones is 1. The predicted molar refractivity (Wildman–Crippen MR) is 89.1 cm³/mol. The largest absolute Gasteiger partial charge is 0.382 e. The molecule has 2 rings (SSSR count). The number of nitrogens with zero attached hydrogens (tertiary/aromatic N) is 2. The first-order valence-electron chi connectivity index (χ1n) is 7.68. The lowest BCUT2D eigenvalue weighted by Crippen LogP contribution is -2.39. The van der Waals surface area contributed by atoms with E-state index in [1.54, 1.807) is 25.1 Å². The Morgan fingerprint density at radius 1 is 1.41 bits per heavy atom. The molecule has 1 aromatic carbocycles. The Hall–Kier alpha value is -2.12. The molecule has 0 aliphatic carbocycles. The van der Waals surface area contributed by atoms with Crippen molar-refractivity contribution in [2.24, 2.45) is 0 Å². The summed E-state index contributed by atoms with van der Waals surface area (Å²) in [6, 6.07) is 7.67. The topological polar surface area (TPSA) is 56.1 Å². The van der Waals surface area contributed by atoms with Gasteiger partial charge in [0.05, 0.1) is 11.6 Å². The highest BCUT2D eigenvalue weighted by Crippen LogP contribution is 2.22. The van der Waals surface area contributed by atoms with Crippen molar-refractivity contribution in [1.29, 1.82) is 5.26 Å². The molecule has 1 aliphatic heterocycles. The van der Waals surface area contributed by atoms with E-state index in [0.29, 0.717) is 17.2 Å². The van der Waals surface area contributed by atoms with Crippen molar-refractivity contribution in [2.45, 2.75) is 32.7 Å². The SMILES string of the molecule is C=C(C)CN1CCC(Nc2cc(C#N)ccc2C(C)=O)CC1. The van der Waals surface area contributed by atoms with Gasteiger partial charge in [-0.15, -0.1) is 0 Å². The van der Waals surface area contributed by atoms with Crippen LogP contribution in [0.2, 0.25) is 0 Å². The maximum atomic E-state index is 11.7. The summed E-state index contributed by atoms with van der Waals surface area (Å²) in [5.74, 6) is 0.0201. The number of nitriles is 1. The Balaban J connectivity index is 2.04. The lowest BCUT2D eigenvalue weighted by Gasteiger charge is -2.33. The highest BCUT2D eigenvalue weighted by atomic mass is 16.1. The van der Waals surface area contributed by atoms with Gasteiger partial charge in [-0.1, -0.05) is 12.2 Å². The Labute approximate surface area is 132 Å². The molecule has 0 aromatic heterocycles. The van der Waals surface area contributed by atoms with Gasteiger partial charge >= 0.3 is 0 Å². The van der Waals surface area contributed by atoms with E-state index in [2.05, 4.69) is 29.8 Å². The Morgan fingerprint density at radius 3 is 2.64 bits per heavy atom. The number of hydrogen-bond acceptors (Lipinski definition) is 4. The average molecular weight is 297 g/mol. The van der Waals surface area contributed by atoms with Crippen molar-refractivity contribution in [3.63, 3.8) is 0 Å². The Bertz CT molecular complexity index is 607. The van der Waals surface area contributed by atoms with Crippen LogP contribution in [-0.2, 0) is 0 Å². The van der Waals surface area contributed by atoms with Crippen molar-refractivity contribution in [3.8, 4) is 6.07 Å². The smallest absolute Gasteiger partial charge is 0.161 e. The normalized spacial score (nSPS) is 16.0. The minimum Gasteiger partial charge on any atom is -0.382 e. The zero-order valence-electron chi connectivity index (χ0n) is 13.4. The highest BCUT2D eigenvalue weighted by molar-refractivity contribution is 5.99. The fourth-order valence-corrected chi connectivity index (χ4v) is 2.88. The summed E-state index contributed by atoms with van der Waals surface area (Å²) < 4.78 is 0. The lowest BCUT2D eigenvalue weighted by molar-refractivity contribution is 0.101. The molecule has 116 valence electrons. The van der Waals surface area contributed by atoms with Gasteiger partial charge < -0.3 is 5.32 Å². The van der Waals surface area contributed by atoms with E-state index in [9.17, 15) is 4.79 Å². The van der Waals surface area contributed by atoms with Gasteiger partial charge in [0.25, 0.3) is 0 Å². The van der Waals surface area contributed by atoms with Crippen molar-refractivity contribution >= 4 is 11.5 Å². The third-order valence-corrected chi connectivity index (χ3v) is 3.97. The second-order valence-electron chi connectivity index (χ2n) is 6.08. The first-order chi connectivity index (χ1) is 10.5. The zero-order valence-corrected chi connectivity index (χ0v) is 13.4. The molecule has 22 heavy (non-hydrogen) atoms. The molecule has 0 atom stereocenters. The summed E-state index contributed by atoms with van der Waals surface area (Å²) in [5.41, 5.74) is 3.20. The summed E-state index contributed by atoms with van der Waals surface area (Å²) in [4.78, 5) is 14.1. The van der Waals surface area contributed by atoms with Crippen LogP contribution in [0.25, 0.3) is 0 Å². The fraction of sp³-hybridized carbons (Fsp3) is 0.444. The van der Waals surface area contributed by atoms with Crippen LogP contribution in [0.15, 0.2) is 30.4 Å². The van der Waals surface area contributed by atoms with Crippen LogP contribution in [-0.4, -0.2) is 36.4 Å². The first-order valence-corrected chi connectivity index (χ1v) is 7.68. The van der Waals surface area contributed by atoms with Gasteiger partial charge in [0.2, 0.25) is 0 Å². The third kappa shape index (κ3) is 4.19. The number of rotatable bonds is 5.